The van der Waals surface area contributed by atoms with Gasteiger partial charge in [-0.1, -0.05) is 29.2 Å². The van der Waals surface area contributed by atoms with E-state index in [4.69, 9.17) is 9.85 Å². The molecule has 0 spiro atoms. The van der Waals surface area contributed by atoms with Crippen molar-refractivity contribution in [2.45, 2.75) is 18.9 Å². The van der Waals surface area contributed by atoms with Crippen LogP contribution in [0, 0.1) is 18.8 Å². The van der Waals surface area contributed by atoms with Crippen molar-refractivity contribution in [2.75, 3.05) is 19.3 Å². The second-order valence-corrected chi connectivity index (χ2v) is 7.26. The molecule has 1 aliphatic heterocycles. The molecular weight excluding hydrogens is 362 g/mol. The van der Waals surface area contributed by atoms with Crippen molar-refractivity contribution in [3.05, 3.63) is 35.7 Å². The molecule has 0 radical (unpaired) electrons. The van der Waals surface area contributed by atoms with Crippen LogP contribution in [-0.2, 0) is 4.79 Å². The number of nitrogen functional groups attached to an aromatic ring is 1. The number of amides is 1. The van der Waals surface area contributed by atoms with Crippen LogP contribution >= 0.6 is 11.3 Å². The number of nitrogens with two attached hydrogens (primary N) is 1. The molecule has 136 valence electrons. The number of aliphatic hydroxyl groups is 1. The summed E-state index contributed by atoms with van der Waals surface area (Å²) in [4.78, 5) is 26.4. The maximum absolute atomic E-state index is 12.3. The van der Waals surface area contributed by atoms with Gasteiger partial charge in [-0.05, 0) is 24.6 Å². The number of hydrogen-bond donors (Lipinski definition) is 2. The summed E-state index contributed by atoms with van der Waals surface area (Å²) < 4.78 is 22.2. The molecule has 7 nitrogen and oxygen atoms in total. The highest BCUT2D eigenvalue weighted by molar-refractivity contribution is 7.21. The molecule has 2 aromatic heterocycles. The average molecular weight is 382 g/mol. The Bertz CT molecular complexity index is 1230. The summed E-state index contributed by atoms with van der Waals surface area (Å²) >= 11 is 1.37. The van der Waals surface area contributed by atoms with Gasteiger partial charge < -0.3 is 15.7 Å². The van der Waals surface area contributed by atoms with Crippen molar-refractivity contribution in [3.8, 4) is 22.4 Å². The predicted octanol–water partition coefficient (Wildman–Crippen LogP) is 1.59. The van der Waals surface area contributed by atoms with Gasteiger partial charge in [-0.25, -0.2) is 15.0 Å². The van der Waals surface area contributed by atoms with E-state index < -0.39 is 18.5 Å². The molecule has 1 aliphatic rings. The lowest BCUT2D eigenvalue weighted by Gasteiger charge is -2.13. The van der Waals surface area contributed by atoms with E-state index >= 15 is 0 Å². The Morgan fingerprint density at radius 2 is 2.30 bits per heavy atom. The molecule has 1 aromatic carbocycles. The van der Waals surface area contributed by atoms with Gasteiger partial charge in [0.2, 0.25) is 5.60 Å². The van der Waals surface area contributed by atoms with Crippen LogP contribution in [0.3, 0.4) is 0 Å². The van der Waals surface area contributed by atoms with Crippen LogP contribution in [0.1, 0.15) is 21.7 Å². The van der Waals surface area contributed by atoms with Crippen LogP contribution in [0.4, 0.5) is 5.82 Å². The zero-order valence-electron chi connectivity index (χ0n) is 17.4. The summed E-state index contributed by atoms with van der Waals surface area (Å²) in [6.07, 6.45) is 1.32. The Balaban J connectivity index is 1.68. The minimum Gasteiger partial charge on any atom is -0.382 e. The predicted molar refractivity (Wildman–Crippen MR) is 104 cm³/mol. The van der Waals surface area contributed by atoms with Gasteiger partial charge >= 0.3 is 0 Å². The van der Waals surface area contributed by atoms with Crippen LogP contribution in [-0.4, -0.2) is 50.0 Å². The smallest absolute Gasteiger partial charge is 0.267 e. The standard InChI is InChI=1S/C19H17N5O2S/c1-11-3-4-12(5-6-19(26)7-8-24(2)18(19)25)9-13(11)16-23-14-15(20)21-10-22-17(14)27-16/h3-4,9-10,26H,7-8H2,1-2H3,(H2,20,21,22)/i2D3. The largest absolute Gasteiger partial charge is 0.382 e. The van der Waals surface area contributed by atoms with Gasteiger partial charge in [0.05, 0.1) is 0 Å². The molecule has 4 rings (SSSR count). The molecule has 1 amide bonds. The summed E-state index contributed by atoms with van der Waals surface area (Å²) in [6.45, 7) is -0.748. The number of likely N-dealkylation sites (N-methyl/N-ethyl adjacent to an activating group) is 1. The Kier molecular flexibility index (Phi) is 3.29. The van der Waals surface area contributed by atoms with E-state index in [0.29, 0.717) is 31.6 Å². The molecule has 1 fully saturated rings. The van der Waals surface area contributed by atoms with Crippen LogP contribution in [0.15, 0.2) is 24.5 Å². The molecule has 3 aromatic rings. The number of carbonyl (C=O) groups is 1. The molecule has 3 N–H and O–H groups in total. The maximum Gasteiger partial charge on any atom is 0.267 e. The van der Waals surface area contributed by atoms with Crippen molar-refractivity contribution in [2.24, 2.45) is 0 Å². The second-order valence-electron chi connectivity index (χ2n) is 6.28. The Morgan fingerprint density at radius 3 is 3.04 bits per heavy atom. The molecule has 1 saturated heterocycles. The zero-order valence-corrected chi connectivity index (χ0v) is 15.2. The number of aryl methyl sites for hydroxylation is 1. The minimum atomic E-state index is -2.60. The first kappa shape index (κ1) is 14.1. The maximum atomic E-state index is 12.3. The van der Waals surface area contributed by atoms with Crippen LogP contribution in [0.25, 0.3) is 20.9 Å². The molecular formula is C19H17N5O2S. The lowest BCUT2D eigenvalue weighted by atomic mass is 10.0. The number of anilines is 1. The number of hydrogen-bond acceptors (Lipinski definition) is 7. The highest BCUT2D eigenvalue weighted by Crippen LogP contribution is 2.33. The van der Waals surface area contributed by atoms with Gasteiger partial charge in [-0.3, -0.25) is 4.79 Å². The summed E-state index contributed by atoms with van der Waals surface area (Å²) in [5, 5.41) is 11.3. The fraction of sp³-hybridized carbons (Fsp3) is 0.263. The van der Waals surface area contributed by atoms with Gasteiger partial charge in [0.1, 0.15) is 21.7 Å². The number of rotatable bonds is 1. The molecule has 1 unspecified atom stereocenters. The van der Waals surface area contributed by atoms with E-state index in [2.05, 4.69) is 26.8 Å². The summed E-state index contributed by atoms with van der Waals surface area (Å²) in [6, 6.07) is 5.42. The molecule has 27 heavy (non-hydrogen) atoms. The third kappa shape index (κ3) is 3.01. The lowest BCUT2D eigenvalue weighted by Crippen LogP contribution is -2.37. The first-order valence-corrected chi connectivity index (χ1v) is 8.96. The molecule has 8 heteroatoms. The van der Waals surface area contributed by atoms with Gasteiger partial charge in [-0.15, -0.1) is 0 Å². The minimum absolute atomic E-state index is 0.0637. The van der Waals surface area contributed by atoms with Crippen LogP contribution < -0.4 is 5.73 Å². The molecule has 3 heterocycles. The normalized spacial score (nSPS) is 21.5. The first-order chi connectivity index (χ1) is 14.1. The third-order valence-electron chi connectivity index (χ3n) is 4.40. The zero-order chi connectivity index (χ0) is 21.7. The summed E-state index contributed by atoms with van der Waals surface area (Å²) in [5.74, 6) is 4.77. The van der Waals surface area contributed by atoms with Crippen molar-refractivity contribution in [3.63, 3.8) is 0 Å². The van der Waals surface area contributed by atoms with Crippen LogP contribution in [0.5, 0.6) is 0 Å². The number of nitrogens with zero attached hydrogens (tertiary/aromatic N) is 4. The lowest BCUT2D eigenvalue weighted by molar-refractivity contribution is -0.137. The first-order valence-electron chi connectivity index (χ1n) is 9.64. The Morgan fingerprint density at radius 1 is 1.44 bits per heavy atom. The fourth-order valence-corrected chi connectivity index (χ4v) is 3.81. The van der Waals surface area contributed by atoms with E-state index in [9.17, 15) is 9.90 Å². The third-order valence-corrected chi connectivity index (χ3v) is 5.40. The Labute approximate surface area is 164 Å². The van der Waals surface area contributed by atoms with Crippen molar-refractivity contribution in [1.29, 1.82) is 0 Å². The van der Waals surface area contributed by atoms with Crippen molar-refractivity contribution in [1.82, 2.24) is 19.9 Å². The number of carbonyl (C=O) groups excluding carboxylic acids is 1. The molecule has 0 aliphatic carbocycles. The molecule has 0 bridgehead atoms. The number of thiazole rings is 1. The van der Waals surface area contributed by atoms with E-state index in [1.165, 1.54) is 17.7 Å². The van der Waals surface area contributed by atoms with Gasteiger partial charge in [-0.2, -0.15) is 0 Å². The summed E-state index contributed by atoms with van der Waals surface area (Å²) in [5.41, 5.74) is 6.72. The van der Waals surface area contributed by atoms with Crippen molar-refractivity contribution < 1.29 is 14.0 Å². The fourth-order valence-electron chi connectivity index (χ4n) is 2.81. The monoisotopic (exact) mass is 382 g/mol. The van der Waals surface area contributed by atoms with Gasteiger partial charge in [0, 0.05) is 35.2 Å². The topological polar surface area (TPSA) is 105 Å². The highest BCUT2D eigenvalue weighted by Gasteiger charge is 2.42. The SMILES string of the molecule is [2H]C([2H])([2H])N1CCC(O)(C#Cc2ccc(C)c(-c3nc4c(N)ncnc4s3)c2)C1=O. The van der Waals surface area contributed by atoms with E-state index in [1.54, 1.807) is 12.1 Å². The average Bonchev–Trinajstić information content (AvgIpc) is 3.24. The summed E-state index contributed by atoms with van der Waals surface area (Å²) in [7, 11) is 0. The van der Waals surface area contributed by atoms with E-state index in [0.717, 1.165) is 11.1 Å². The van der Waals surface area contributed by atoms with Crippen LogP contribution in [0.2, 0.25) is 0 Å². The van der Waals surface area contributed by atoms with Gasteiger partial charge in [0.15, 0.2) is 5.82 Å². The number of benzene rings is 1. The number of fused-ring (bicyclic) bond motifs is 1. The van der Waals surface area contributed by atoms with Gasteiger partial charge in [0.25, 0.3) is 5.91 Å². The number of likely N-dealkylation sites (tertiary alicyclic amines) is 1. The number of aromatic nitrogens is 3. The highest BCUT2D eigenvalue weighted by atomic mass is 32.1. The Hall–Kier alpha value is -3.02. The van der Waals surface area contributed by atoms with E-state index in [1.807, 2.05) is 13.0 Å². The molecule has 1 atom stereocenters. The van der Waals surface area contributed by atoms with Crippen molar-refractivity contribution >= 4 is 33.4 Å². The molecule has 0 saturated carbocycles. The van der Waals surface area contributed by atoms with E-state index in [-0.39, 0.29) is 13.0 Å². The quantitative estimate of drug-likeness (QED) is 0.619. The second kappa shape index (κ2) is 6.30.